The van der Waals surface area contributed by atoms with Gasteiger partial charge in [0.1, 0.15) is 5.75 Å². The first-order chi connectivity index (χ1) is 4.36. The Bertz CT molecular complexity index is 164. The number of aromatic nitrogens is 1. The summed E-state index contributed by atoms with van der Waals surface area (Å²) in [6, 6.07) is 1.87. The monoisotopic (exact) mass is 126 g/mol. The molecule has 0 bridgehead atoms. The summed E-state index contributed by atoms with van der Waals surface area (Å²) in [5.74, 6) is 0.848. The highest BCUT2D eigenvalue weighted by Gasteiger charge is 1.90. The van der Waals surface area contributed by atoms with Crippen LogP contribution in [0, 0.1) is 0 Å². The van der Waals surface area contributed by atoms with E-state index in [1.54, 1.807) is 7.11 Å². The van der Waals surface area contributed by atoms with Crippen LogP contribution in [-0.2, 0) is 6.67 Å². The molecular weight excluding hydrogens is 116 g/mol. The largest absolute Gasteiger partial charge is 0.495 e. The van der Waals surface area contributed by atoms with E-state index in [1.807, 2.05) is 23.0 Å². The van der Waals surface area contributed by atoms with Crippen LogP contribution >= 0.6 is 0 Å². The van der Waals surface area contributed by atoms with Gasteiger partial charge in [0, 0.05) is 12.4 Å². The maximum Gasteiger partial charge on any atom is 0.136 e. The molecule has 0 saturated carbocycles. The van der Waals surface area contributed by atoms with Gasteiger partial charge in [0.25, 0.3) is 0 Å². The van der Waals surface area contributed by atoms with Gasteiger partial charge in [0.2, 0.25) is 0 Å². The molecule has 0 saturated heterocycles. The van der Waals surface area contributed by atoms with E-state index in [2.05, 4.69) is 0 Å². The smallest absolute Gasteiger partial charge is 0.136 e. The molecule has 0 radical (unpaired) electrons. The molecule has 0 aliphatic rings. The second-order valence-electron chi connectivity index (χ2n) is 1.75. The second kappa shape index (κ2) is 2.55. The van der Waals surface area contributed by atoms with E-state index in [4.69, 9.17) is 10.5 Å². The molecule has 0 spiro atoms. The SMILES string of the molecule is COc1ccn(CN)c1. The van der Waals surface area contributed by atoms with Crippen LogP contribution in [0.15, 0.2) is 18.5 Å². The lowest BCUT2D eigenvalue weighted by Crippen LogP contribution is -2.03. The highest BCUT2D eigenvalue weighted by atomic mass is 16.5. The molecule has 0 atom stereocenters. The van der Waals surface area contributed by atoms with Crippen LogP contribution in [0.4, 0.5) is 0 Å². The van der Waals surface area contributed by atoms with Crippen LogP contribution in [0.1, 0.15) is 0 Å². The lowest BCUT2D eigenvalue weighted by atomic mass is 10.6. The summed E-state index contributed by atoms with van der Waals surface area (Å²) < 4.78 is 6.77. The summed E-state index contributed by atoms with van der Waals surface area (Å²) in [4.78, 5) is 0. The number of hydrogen-bond donors (Lipinski definition) is 1. The van der Waals surface area contributed by atoms with Crippen molar-refractivity contribution in [2.45, 2.75) is 6.67 Å². The molecule has 0 unspecified atom stereocenters. The Balaban J connectivity index is 2.74. The third kappa shape index (κ3) is 1.23. The molecule has 3 heteroatoms. The zero-order valence-corrected chi connectivity index (χ0v) is 5.37. The summed E-state index contributed by atoms with van der Waals surface area (Å²) in [5, 5.41) is 0. The third-order valence-corrected chi connectivity index (χ3v) is 1.17. The lowest BCUT2D eigenvalue weighted by molar-refractivity contribution is 0.414. The fraction of sp³-hybridized carbons (Fsp3) is 0.333. The van der Waals surface area contributed by atoms with E-state index in [-0.39, 0.29) is 0 Å². The molecule has 1 heterocycles. The first-order valence-corrected chi connectivity index (χ1v) is 2.76. The predicted molar refractivity (Wildman–Crippen MR) is 35.2 cm³/mol. The standard InChI is InChI=1S/C6H10N2O/c1-9-6-2-3-8(4-6)5-7/h2-4H,5,7H2,1H3. The van der Waals surface area contributed by atoms with Crippen LogP contribution < -0.4 is 10.5 Å². The third-order valence-electron chi connectivity index (χ3n) is 1.17. The van der Waals surface area contributed by atoms with Crippen LogP contribution in [0.3, 0.4) is 0 Å². The predicted octanol–water partition coefficient (Wildman–Crippen LogP) is 0.413. The average molecular weight is 126 g/mol. The maximum absolute atomic E-state index is 5.33. The van der Waals surface area contributed by atoms with E-state index in [9.17, 15) is 0 Å². The summed E-state index contributed by atoms with van der Waals surface area (Å²) in [5.41, 5.74) is 5.33. The molecular formula is C6H10N2O. The second-order valence-corrected chi connectivity index (χ2v) is 1.75. The van der Waals surface area contributed by atoms with Gasteiger partial charge in [0.15, 0.2) is 0 Å². The molecule has 1 aromatic heterocycles. The molecule has 0 aliphatic carbocycles. The first-order valence-electron chi connectivity index (χ1n) is 2.76. The fourth-order valence-corrected chi connectivity index (χ4v) is 0.653. The lowest BCUT2D eigenvalue weighted by Gasteiger charge is -1.93. The normalized spacial score (nSPS) is 9.56. The molecule has 9 heavy (non-hydrogen) atoms. The van der Waals surface area contributed by atoms with Crippen molar-refractivity contribution < 1.29 is 4.74 Å². The van der Waals surface area contributed by atoms with Gasteiger partial charge in [-0.2, -0.15) is 0 Å². The Morgan fingerprint density at radius 2 is 2.56 bits per heavy atom. The molecule has 0 amide bonds. The zero-order chi connectivity index (χ0) is 6.69. The molecule has 1 aromatic rings. The number of methoxy groups -OCH3 is 1. The minimum Gasteiger partial charge on any atom is -0.495 e. The summed E-state index contributed by atoms with van der Waals surface area (Å²) in [6.45, 7) is 0.503. The van der Waals surface area contributed by atoms with Gasteiger partial charge in [-0.05, 0) is 6.07 Å². The number of nitrogens with two attached hydrogens (primary N) is 1. The zero-order valence-electron chi connectivity index (χ0n) is 5.37. The van der Waals surface area contributed by atoms with Gasteiger partial charge in [-0.25, -0.2) is 0 Å². The van der Waals surface area contributed by atoms with Crippen molar-refractivity contribution in [1.29, 1.82) is 0 Å². The minimum atomic E-state index is 0.503. The number of rotatable bonds is 2. The average Bonchev–Trinajstić information content (AvgIpc) is 2.34. The van der Waals surface area contributed by atoms with Crippen LogP contribution in [0.2, 0.25) is 0 Å². The Kier molecular flexibility index (Phi) is 1.75. The Morgan fingerprint density at radius 1 is 1.78 bits per heavy atom. The quantitative estimate of drug-likeness (QED) is 0.623. The summed E-state index contributed by atoms with van der Waals surface area (Å²) >= 11 is 0. The molecule has 2 N–H and O–H groups in total. The van der Waals surface area contributed by atoms with Gasteiger partial charge in [-0.15, -0.1) is 0 Å². The van der Waals surface area contributed by atoms with Gasteiger partial charge in [-0.3, -0.25) is 0 Å². The molecule has 0 aromatic carbocycles. The van der Waals surface area contributed by atoms with Gasteiger partial charge >= 0.3 is 0 Å². The van der Waals surface area contributed by atoms with Crippen molar-refractivity contribution in [3.8, 4) is 5.75 Å². The summed E-state index contributed by atoms with van der Waals surface area (Å²) in [7, 11) is 1.64. The van der Waals surface area contributed by atoms with Crippen LogP contribution in [0.5, 0.6) is 5.75 Å². The van der Waals surface area contributed by atoms with Gasteiger partial charge in [0.05, 0.1) is 13.8 Å². The molecule has 0 fully saturated rings. The number of ether oxygens (including phenoxy) is 1. The van der Waals surface area contributed by atoms with Crippen molar-refractivity contribution >= 4 is 0 Å². The number of nitrogens with zero attached hydrogens (tertiary/aromatic N) is 1. The Hall–Kier alpha value is -0.960. The fourth-order valence-electron chi connectivity index (χ4n) is 0.653. The van der Waals surface area contributed by atoms with Crippen molar-refractivity contribution in [3.63, 3.8) is 0 Å². The van der Waals surface area contributed by atoms with Crippen molar-refractivity contribution in [1.82, 2.24) is 4.57 Å². The van der Waals surface area contributed by atoms with Gasteiger partial charge in [-0.1, -0.05) is 0 Å². The molecule has 0 aliphatic heterocycles. The highest BCUT2D eigenvalue weighted by Crippen LogP contribution is 2.07. The Labute approximate surface area is 54.0 Å². The van der Waals surface area contributed by atoms with E-state index >= 15 is 0 Å². The molecule has 3 nitrogen and oxygen atoms in total. The minimum absolute atomic E-state index is 0.503. The molecule has 1 rings (SSSR count). The first kappa shape index (κ1) is 6.16. The van der Waals surface area contributed by atoms with Gasteiger partial charge < -0.3 is 15.0 Å². The summed E-state index contributed by atoms with van der Waals surface area (Å²) in [6.07, 6.45) is 3.72. The van der Waals surface area contributed by atoms with E-state index in [0.29, 0.717) is 6.67 Å². The van der Waals surface area contributed by atoms with Crippen molar-refractivity contribution in [2.75, 3.05) is 7.11 Å². The highest BCUT2D eigenvalue weighted by molar-refractivity contribution is 5.16. The topological polar surface area (TPSA) is 40.2 Å². The molecule has 50 valence electrons. The number of hydrogen-bond acceptors (Lipinski definition) is 2. The van der Waals surface area contributed by atoms with Crippen LogP contribution in [0.25, 0.3) is 0 Å². The van der Waals surface area contributed by atoms with Crippen molar-refractivity contribution in [3.05, 3.63) is 18.5 Å². The Morgan fingerprint density at radius 3 is 2.89 bits per heavy atom. The van der Waals surface area contributed by atoms with Crippen LogP contribution in [-0.4, -0.2) is 11.7 Å². The van der Waals surface area contributed by atoms with E-state index in [1.165, 1.54) is 0 Å². The van der Waals surface area contributed by atoms with E-state index < -0.39 is 0 Å². The maximum atomic E-state index is 5.33. The van der Waals surface area contributed by atoms with E-state index in [0.717, 1.165) is 5.75 Å². The van der Waals surface area contributed by atoms with Crippen molar-refractivity contribution in [2.24, 2.45) is 5.73 Å².